The van der Waals surface area contributed by atoms with Crippen LogP contribution >= 0.6 is 0 Å². The van der Waals surface area contributed by atoms with Gasteiger partial charge in [0.1, 0.15) is 11.3 Å². The summed E-state index contributed by atoms with van der Waals surface area (Å²) in [4.78, 5) is 4.37. The molecule has 5 nitrogen and oxygen atoms in total. The van der Waals surface area contributed by atoms with Crippen LogP contribution in [0.25, 0.3) is 22.6 Å². The van der Waals surface area contributed by atoms with Crippen molar-refractivity contribution >= 4 is 18.4 Å². The molecule has 0 fully saturated rings. The van der Waals surface area contributed by atoms with E-state index in [9.17, 15) is 0 Å². The van der Waals surface area contributed by atoms with Gasteiger partial charge in [-0.3, -0.25) is 0 Å². The van der Waals surface area contributed by atoms with Gasteiger partial charge in [0.15, 0.2) is 5.58 Å². The summed E-state index contributed by atoms with van der Waals surface area (Å²) < 4.78 is 10.3. The quantitative estimate of drug-likeness (QED) is 0.698. The minimum absolute atomic E-state index is 0.356. The fraction of sp³-hybridized carbons (Fsp3) is 0. The SMILES string of the molecule is OB(O)Oc1ccc(-c2nc3ccccc3o2)cc1. The molecule has 94 valence electrons. The van der Waals surface area contributed by atoms with E-state index in [0.717, 1.165) is 16.7 Å². The average Bonchev–Trinajstić information content (AvgIpc) is 2.82. The van der Waals surface area contributed by atoms with E-state index in [2.05, 4.69) is 4.98 Å². The molecule has 0 bridgehead atoms. The number of hydrogen-bond donors (Lipinski definition) is 2. The minimum Gasteiger partial charge on any atom is -0.512 e. The van der Waals surface area contributed by atoms with Crippen LogP contribution in [0.3, 0.4) is 0 Å². The molecule has 0 spiro atoms. The van der Waals surface area contributed by atoms with Crippen molar-refractivity contribution in [2.24, 2.45) is 0 Å². The summed E-state index contributed by atoms with van der Waals surface area (Å²) in [6, 6.07) is 14.2. The molecule has 1 heterocycles. The van der Waals surface area contributed by atoms with Gasteiger partial charge >= 0.3 is 7.32 Å². The minimum atomic E-state index is -1.82. The lowest BCUT2D eigenvalue weighted by molar-refractivity contribution is 0.288. The van der Waals surface area contributed by atoms with Gasteiger partial charge in [0.2, 0.25) is 5.89 Å². The zero-order chi connectivity index (χ0) is 13.2. The van der Waals surface area contributed by atoms with Gasteiger partial charge in [-0.1, -0.05) is 12.1 Å². The second kappa shape index (κ2) is 4.76. The third-order valence-electron chi connectivity index (χ3n) is 2.64. The van der Waals surface area contributed by atoms with Crippen molar-refractivity contribution in [3.8, 4) is 17.2 Å². The van der Waals surface area contributed by atoms with Crippen LogP contribution in [0.4, 0.5) is 0 Å². The summed E-state index contributed by atoms with van der Waals surface area (Å²) in [6.45, 7) is 0. The summed E-state index contributed by atoms with van der Waals surface area (Å²) in [5.41, 5.74) is 2.31. The Morgan fingerprint density at radius 1 is 1.00 bits per heavy atom. The van der Waals surface area contributed by atoms with E-state index >= 15 is 0 Å². The van der Waals surface area contributed by atoms with Crippen LogP contribution in [0, 0.1) is 0 Å². The number of oxazole rings is 1. The molecule has 2 N–H and O–H groups in total. The van der Waals surface area contributed by atoms with Crippen LogP contribution < -0.4 is 4.65 Å². The van der Waals surface area contributed by atoms with Gasteiger partial charge in [0.05, 0.1) is 0 Å². The number of aromatic nitrogens is 1. The third-order valence-corrected chi connectivity index (χ3v) is 2.64. The number of para-hydroxylation sites is 2. The number of hydrogen-bond acceptors (Lipinski definition) is 5. The molecule has 3 rings (SSSR count). The molecule has 0 atom stereocenters. The predicted octanol–water partition coefficient (Wildman–Crippen LogP) is 1.84. The van der Waals surface area contributed by atoms with E-state index in [1.54, 1.807) is 24.3 Å². The Morgan fingerprint density at radius 3 is 2.42 bits per heavy atom. The molecule has 0 radical (unpaired) electrons. The Labute approximate surface area is 109 Å². The third kappa shape index (κ3) is 2.45. The molecule has 0 aliphatic carbocycles. The zero-order valence-corrected chi connectivity index (χ0v) is 9.85. The largest absolute Gasteiger partial charge is 0.707 e. The first kappa shape index (κ1) is 11.8. The number of rotatable bonds is 3. The fourth-order valence-corrected chi connectivity index (χ4v) is 1.79. The highest BCUT2D eigenvalue weighted by Gasteiger charge is 2.12. The normalized spacial score (nSPS) is 10.6. The van der Waals surface area contributed by atoms with Crippen molar-refractivity contribution in [1.29, 1.82) is 0 Å². The standard InChI is InChI=1S/C13H10BNO4/c16-14(17)19-10-7-5-9(6-8-10)13-15-11-3-1-2-4-12(11)18-13/h1-8,16-17H. The first-order chi connectivity index (χ1) is 9.22. The van der Waals surface area contributed by atoms with Crippen molar-refractivity contribution in [3.63, 3.8) is 0 Å². The van der Waals surface area contributed by atoms with Crippen LogP contribution in [0.5, 0.6) is 5.75 Å². The molecule has 6 heteroatoms. The van der Waals surface area contributed by atoms with Gasteiger partial charge in [-0.2, -0.15) is 0 Å². The average molecular weight is 255 g/mol. The van der Waals surface area contributed by atoms with E-state index in [4.69, 9.17) is 19.1 Å². The van der Waals surface area contributed by atoms with E-state index in [-0.39, 0.29) is 0 Å². The van der Waals surface area contributed by atoms with Crippen molar-refractivity contribution in [2.75, 3.05) is 0 Å². The van der Waals surface area contributed by atoms with E-state index in [0.29, 0.717) is 11.6 Å². The molecule has 2 aromatic carbocycles. The van der Waals surface area contributed by atoms with Crippen molar-refractivity contribution in [3.05, 3.63) is 48.5 Å². The molecule has 0 saturated carbocycles. The molecule has 0 aliphatic heterocycles. The highest BCUT2D eigenvalue weighted by molar-refractivity contribution is 6.33. The molecule has 0 aliphatic rings. The summed E-state index contributed by atoms with van der Waals surface area (Å²) in [7, 11) is -1.82. The molecule has 0 amide bonds. The van der Waals surface area contributed by atoms with E-state index in [1.165, 1.54) is 0 Å². The van der Waals surface area contributed by atoms with Gasteiger partial charge in [-0.15, -0.1) is 0 Å². The maximum atomic E-state index is 8.69. The first-order valence-electron chi connectivity index (χ1n) is 5.71. The van der Waals surface area contributed by atoms with Crippen LogP contribution in [0.2, 0.25) is 0 Å². The van der Waals surface area contributed by atoms with Crippen molar-refractivity contribution < 1.29 is 19.1 Å². The molecule has 0 saturated heterocycles. The summed E-state index contributed by atoms with van der Waals surface area (Å²) in [5, 5.41) is 17.4. The summed E-state index contributed by atoms with van der Waals surface area (Å²) in [6.07, 6.45) is 0. The van der Waals surface area contributed by atoms with Gasteiger partial charge in [-0.25, -0.2) is 4.98 Å². The summed E-state index contributed by atoms with van der Waals surface area (Å²) in [5.74, 6) is 0.868. The maximum Gasteiger partial charge on any atom is 0.707 e. The van der Waals surface area contributed by atoms with Crippen LogP contribution in [-0.2, 0) is 0 Å². The highest BCUT2D eigenvalue weighted by Crippen LogP contribution is 2.25. The van der Waals surface area contributed by atoms with Gasteiger partial charge < -0.3 is 19.1 Å². The first-order valence-corrected chi connectivity index (χ1v) is 5.71. The lowest BCUT2D eigenvalue weighted by atomic mass is 10.2. The molecule has 3 aromatic rings. The smallest absolute Gasteiger partial charge is 0.512 e. The lowest BCUT2D eigenvalue weighted by Crippen LogP contribution is -2.20. The fourth-order valence-electron chi connectivity index (χ4n) is 1.79. The Bertz CT molecular complexity index is 660. The van der Waals surface area contributed by atoms with Crippen LogP contribution in [0.1, 0.15) is 0 Å². The van der Waals surface area contributed by atoms with Gasteiger partial charge in [-0.05, 0) is 36.4 Å². The second-order valence-corrected chi connectivity index (χ2v) is 3.96. The molecular formula is C13H10BNO4. The maximum absolute atomic E-state index is 8.69. The monoisotopic (exact) mass is 255 g/mol. The number of nitrogens with zero attached hydrogens (tertiary/aromatic N) is 1. The molecule has 19 heavy (non-hydrogen) atoms. The Hall–Kier alpha value is -2.31. The Kier molecular flexibility index (Phi) is 2.95. The van der Waals surface area contributed by atoms with E-state index < -0.39 is 7.32 Å². The van der Waals surface area contributed by atoms with Crippen molar-refractivity contribution in [1.82, 2.24) is 4.98 Å². The highest BCUT2D eigenvalue weighted by atomic mass is 16.6. The second-order valence-electron chi connectivity index (χ2n) is 3.96. The molecule has 1 aromatic heterocycles. The van der Waals surface area contributed by atoms with Crippen LogP contribution in [0.15, 0.2) is 52.9 Å². The number of fused-ring (bicyclic) bond motifs is 1. The summed E-state index contributed by atoms with van der Waals surface area (Å²) >= 11 is 0. The molecule has 0 unspecified atom stereocenters. The van der Waals surface area contributed by atoms with Crippen LogP contribution in [-0.4, -0.2) is 22.4 Å². The number of benzene rings is 2. The van der Waals surface area contributed by atoms with Gasteiger partial charge in [0, 0.05) is 5.56 Å². The Balaban J connectivity index is 1.93. The van der Waals surface area contributed by atoms with Gasteiger partial charge in [0.25, 0.3) is 0 Å². The molecular weight excluding hydrogens is 245 g/mol. The predicted molar refractivity (Wildman–Crippen MR) is 70.3 cm³/mol. The van der Waals surface area contributed by atoms with Crippen molar-refractivity contribution in [2.45, 2.75) is 0 Å². The lowest BCUT2D eigenvalue weighted by Gasteiger charge is -2.04. The Morgan fingerprint density at radius 2 is 1.74 bits per heavy atom. The zero-order valence-electron chi connectivity index (χ0n) is 9.85. The topological polar surface area (TPSA) is 75.7 Å². The van der Waals surface area contributed by atoms with E-state index in [1.807, 2.05) is 24.3 Å².